The van der Waals surface area contributed by atoms with Gasteiger partial charge in [0.05, 0.1) is 0 Å². The van der Waals surface area contributed by atoms with Gasteiger partial charge in [0.2, 0.25) is 0 Å². The van der Waals surface area contributed by atoms with Crippen molar-refractivity contribution in [2.24, 2.45) is 11.8 Å². The van der Waals surface area contributed by atoms with Gasteiger partial charge in [0.1, 0.15) is 0 Å². The van der Waals surface area contributed by atoms with Crippen LogP contribution in [0, 0.1) is 11.8 Å². The van der Waals surface area contributed by atoms with Gasteiger partial charge in [-0.15, -0.1) is 0 Å². The van der Waals surface area contributed by atoms with Crippen LogP contribution in [0.4, 0.5) is 0 Å². The summed E-state index contributed by atoms with van der Waals surface area (Å²) in [6, 6.07) is 0. The molecule has 1 heteroatoms. The average Bonchev–Trinajstić information content (AvgIpc) is 3.39. The number of hydrogen-bond donors (Lipinski definition) is 0. The molecule has 0 radical (unpaired) electrons. The van der Waals surface area contributed by atoms with Crippen LogP contribution in [0.5, 0.6) is 0 Å². The normalized spacial score (nSPS) is 21.7. The van der Waals surface area contributed by atoms with Gasteiger partial charge in [-0.25, -0.2) is 0 Å². The fourth-order valence-electron chi connectivity index (χ4n) is 3.37. The Bertz CT molecular complexity index is 687. The van der Waals surface area contributed by atoms with Crippen LogP contribution < -0.4 is 0 Å². The Balaban J connectivity index is 2.05. The van der Waals surface area contributed by atoms with Gasteiger partial charge >= 0.3 is 0 Å². The highest BCUT2D eigenvalue weighted by atomic mass is 15.1. The molecule has 0 bridgehead atoms. The van der Waals surface area contributed by atoms with Gasteiger partial charge in [0.25, 0.3) is 0 Å². The first-order valence-corrected chi connectivity index (χ1v) is 8.74. The molecule has 0 unspecified atom stereocenters. The Kier molecular flexibility index (Phi) is 4.30. The highest BCUT2D eigenvalue weighted by Crippen LogP contribution is 2.42. The molecule has 1 atom stereocenters. The van der Waals surface area contributed by atoms with Crippen molar-refractivity contribution >= 4 is 0 Å². The first kappa shape index (κ1) is 15.9. The summed E-state index contributed by atoms with van der Waals surface area (Å²) in [5, 5.41) is 0. The molecular weight excluding hydrogens is 278 g/mol. The molecule has 3 rings (SSSR count). The van der Waals surface area contributed by atoms with Crippen molar-refractivity contribution < 1.29 is 0 Å². The third-order valence-electron chi connectivity index (χ3n) is 5.16. The molecule has 1 aliphatic heterocycles. The van der Waals surface area contributed by atoms with E-state index in [9.17, 15) is 0 Å². The first-order chi connectivity index (χ1) is 11.1. The largest absolute Gasteiger partial charge is 0.345 e. The lowest BCUT2D eigenvalue weighted by Crippen LogP contribution is -2.25. The van der Waals surface area contributed by atoms with E-state index in [1.54, 1.807) is 0 Å². The van der Waals surface area contributed by atoms with Crippen LogP contribution >= 0.6 is 0 Å². The second-order valence-corrected chi connectivity index (χ2v) is 6.65. The summed E-state index contributed by atoms with van der Waals surface area (Å²) in [5.41, 5.74) is 7.78. The van der Waals surface area contributed by atoms with Crippen molar-refractivity contribution in [1.82, 2.24) is 4.90 Å². The second-order valence-electron chi connectivity index (χ2n) is 6.65. The highest BCUT2D eigenvalue weighted by molar-refractivity contribution is 5.61. The SMILES string of the molecule is C=C(C1=CC2=C(CC=C1)N(CC)C(=C)C=C2C1C=C1)[C@H](C)CC. The fraction of sp³-hybridized carbons (Fsp3) is 0.364. The summed E-state index contributed by atoms with van der Waals surface area (Å²) in [4.78, 5) is 2.34. The topological polar surface area (TPSA) is 3.24 Å². The van der Waals surface area contributed by atoms with Crippen LogP contribution in [0.15, 0.2) is 83.3 Å². The molecule has 3 aliphatic rings. The molecule has 0 amide bonds. The van der Waals surface area contributed by atoms with Gasteiger partial charge in [0, 0.05) is 30.3 Å². The summed E-state index contributed by atoms with van der Waals surface area (Å²) < 4.78 is 0. The number of rotatable bonds is 5. The molecular formula is C22H27N. The van der Waals surface area contributed by atoms with Crippen molar-refractivity contribution in [2.75, 3.05) is 6.54 Å². The first-order valence-electron chi connectivity index (χ1n) is 8.74. The number of nitrogens with zero attached hydrogens (tertiary/aromatic N) is 1. The van der Waals surface area contributed by atoms with E-state index in [2.05, 4.69) is 75.3 Å². The fourth-order valence-corrected chi connectivity index (χ4v) is 3.37. The van der Waals surface area contributed by atoms with Crippen LogP contribution in [-0.4, -0.2) is 11.4 Å². The molecule has 1 nitrogen and oxygen atoms in total. The molecule has 0 spiro atoms. The third kappa shape index (κ3) is 2.93. The van der Waals surface area contributed by atoms with E-state index in [0.29, 0.717) is 11.8 Å². The summed E-state index contributed by atoms with van der Waals surface area (Å²) in [6.07, 6.45) is 15.8. The Morgan fingerprint density at radius 1 is 1.30 bits per heavy atom. The van der Waals surface area contributed by atoms with Gasteiger partial charge in [-0.3, -0.25) is 0 Å². The van der Waals surface area contributed by atoms with Gasteiger partial charge in [-0.05, 0) is 53.7 Å². The van der Waals surface area contributed by atoms with Crippen molar-refractivity contribution in [3.8, 4) is 0 Å². The minimum absolute atomic E-state index is 0.489. The molecule has 1 heterocycles. The van der Waals surface area contributed by atoms with E-state index >= 15 is 0 Å². The van der Waals surface area contributed by atoms with Crippen molar-refractivity contribution in [1.29, 1.82) is 0 Å². The molecule has 120 valence electrons. The minimum Gasteiger partial charge on any atom is -0.345 e. The molecule has 0 aromatic carbocycles. The summed E-state index contributed by atoms with van der Waals surface area (Å²) in [5.74, 6) is 1.00. The predicted molar refractivity (Wildman–Crippen MR) is 99.7 cm³/mol. The minimum atomic E-state index is 0.489. The predicted octanol–water partition coefficient (Wildman–Crippen LogP) is 5.69. The molecule has 0 aromatic heterocycles. The Morgan fingerprint density at radius 2 is 2.04 bits per heavy atom. The quantitative estimate of drug-likeness (QED) is 0.590. The lowest BCUT2D eigenvalue weighted by Gasteiger charge is -2.33. The van der Waals surface area contributed by atoms with Gasteiger partial charge in [-0.2, -0.15) is 0 Å². The van der Waals surface area contributed by atoms with Gasteiger partial charge < -0.3 is 4.90 Å². The summed E-state index contributed by atoms with van der Waals surface area (Å²) in [6.45, 7) is 16.3. The summed E-state index contributed by atoms with van der Waals surface area (Å²) >= 11 is 0. The van der Waals surface area contributed by atoms with Crippen LogP contribution in [-0.2, 0) is 0 Å². The maximum absolute atomic E-state index is 4.36. The lowest BCUT2D eigenvalue weighted by atomic mass is 9.88. The zero-order chi connectivity index (χ0) is 16.6. The molecule has 23 heavy (non-hydrogen) atoms. The maximum Gasteiger partial charge on any atom is 0.0338 e. The maximum atomic E-state index is 4.36. The number of allylic oxidation sites excluding steroid dienone is 10. The van der Waals surface area contributed by atoms with Crippen molar-refractivity contribution in [3.05, 3.63) is 83.3 Å². The zero-order valence-corrected chi connectivity index (χ0v) is 14.6. The van der Waals surface area contributed by atoms with E-state index in [-0.39, 0.29) is 0 Å². The molecule has 0 aromatic rings. The zero-order valence-electron chi connectivity index (χ0n) is 14.6. The van der Waals surface area contributed by atoms with E-state index in [1.165, 1.54) is 28.0 Å². The standard InChI is InChI=1S/C22H27N/c1-6-15(3)17(5)19-9-8-10-22-21(14-19)20(18-11-12-18)13-16(4)23(22)7-2/h8-9,11-15,18H,4-7,10H2,1-3H3/t15-/m1/s1. The summed E-state index contributed by atoms with van der Waals surface area (Å²) in [7, 11) is 0. The monoisotopic (exact) mass is 305 g/mol. The molecule has 2 aliphatic carbocycles. The number of likely N-dealkylation sites (N-methyl/N-ethyl adjacent to an activating group) is 1. The lowest BCUT2D eigenvalue weighted by molar-refractivity contribution is 0.446. The van der Waals surface area contributed by atoms with Crippen LogP contribution in [0.3, 0.4) is 0 Å². The van der Waals surface area contributed by atoms with Gasteiger partial charge in [0.15, 0.2) is 0 Å². The van der Waals surface area contributed by atoms with Gasteiger partial charge in [-0.1, -0.05) is 51.3 Å². The molecule has 0 fully saturated rings. The second kappa shape index (κ2) is 6.23. The molecule has 0 saturated carbocycles. The van der Waals surface area contributed by atoms with E-state index < -0.39 is 0 Å². The Labute approximate surface area is 140 Å². The van der Waals surface area contributed by atoms with Crippen LogP contribution in [0.1, 0.15) is 33.6 Å². The van der Waals surface area contributed by atoms with Crippen LogP contribution in [0.2, 0.25) is 0 Å². The van der Waals surface area contributed by atoms with Crippen molar-refractivity contribution in [2.45, 2.75) is 33.6 Å². The smallest absolute Gasteiger partial charge is 0.0338 e. The number of hydrogen-bond acceptors (Lipinski definition) is 1. The third-order valence-corrected chi connectivity index (χ3v) is 5.16. The van der Waals surface area contributed by atoms with E-state index in [4.69, 9.17) is 0 Å². The average molecular weight is 305 g/mol. The van der Waals surface area contributed by atoms with Crippen LogP contribution in [0.25, 0.3) is 0 Å². The molecule has 0 N–H and O–H groups in total. The Morgan fingerprint density at radius 3 is 2.65 bits per heavy atom. The van der Waals surface area contributed by atoms with Crippen molar-refractivity contribution in [3.63, 3.8) is 0 Å². The van der Waals surface area contributed by atoms with E-state index in [0.717, 1.165) is 25.1 Å². The Hall–Kier alpha value is -2.02. The van der Waals surface area contributed by atoms with E-state index in [1.807, 2.05) is 0 Å². The highest BCUT2D eigenvalue weighted by Gasteiger charge is 2.29. The molecule has 0 saturated heterocycles.